The van der Waals surface area contributed by atoms with Crippen molar-refractivity contribution in [1.29, 1.82) is 0 Å². The Balaban J connectivity index is 1.47. The number of imidazole rings is 1. The number of rotatable bonds is 2. The predicted octanol–water partition coefficient (Wildman–Crippen LogP) is 3.49. The van der Waals surface area contributed by atoms with Crippen molar-refractivity contribution in [3.63, 3.8) is 0 Å². The summed E-state index contributed by atoms with van der Waals surface area (Å²) in [5.41, 5.74) is 10.9. The second-order valence-corrected chi connectivity index (χ2v) is 9.10. The van der Waals surface area contributed by atoms with Gasteiger partial charge in [-0.25, -0.2) is 4.98 Å². The minimum Gasteiger partial charge on any atom is -0.345 e. The molecule has 0 amide bonds. The fraction of sp³-hybridized carbons (Fsp3) is 0.318. The summed E-state index contributed by atoms with van der Waals surface area (Å²) in [5, 5.41) is 7.05. The second kappa shape index (κ2) is 5.99. The first-order valence-electron chi connectivity index (χ1n) is 10.6. The molecule has 0 saturated carbocycles. The third kappa shape index (κ3) is 2.26. The van der Waals surface area contributed by atoms with Gasteiger partial charge in [0.25, 0.3) is 0 Å². The van der Waals surface area contributed by atoms with Crippen molar-refractivity contribution >= 4 is 45.1 Å². The van der Waals surface area contributed by atoms with Gasteiger partial charge in [0.15, 0.2) is 5.65 Å². The number of nitrogens with zero attached hydrogens (tertiary/aromatic N) is 6. The number of aromatic amines is 1. The fourth-order valence-electron chi connectivity index (χ4n) is 5.66. The highest BCUT2D eigenvalue weighted by Gasteiger charge is 2.46. The van der Waals surface area contributed by atoms with Crippen LogP contribution in [0, 0.1) is 0 Å². The van der Waals surface area contributed by atoms with Crippen LogP contribution in [0.4, 0.5) is 5.95 Å². The average Bonchev–Trinajstić information content (AvgIpc) is 3.54. The molecule has 1 unspecified atom stereocenters. The summed E-state index contributed by atoms with van der Waals surface area (Å²) in [4.78, 5) is 15.5. The van der Waals surface area contributed by atoms with Gasteiger partial charge in [-0.05, 0) is 25.3 Å². The first kappa shape index (κ1) is 17.6. The molecule has 2 fully saturated rings. The van der Waals surface area contributed by atoms with Crippen LogP contribution in [-0.4, -0.2) is 47.3 Å². The zero-order valence-corrected chi connectivity index (χ0v) is 17.7. The number of aromatic nitrogens is 6. The molecular weight excluding hydrogens is 412 g/mol. The Kier molecular flexibility index (Phi) is 3.39. The molecule has 9 heteroatoms. The van der Waals surface area contributed by atoms with Crippen molar-refractivity contribution in [3.05, 3.63) is 41.9 Å². The molecule has 1 aromatic carbocycles. The Morgan fingerprint density at radius 2 is 2.13 bits per heavy atom. The number of hydrogen-bond acceptors (Lipinski definition) is 5. The van der Waals surface area contributed by atoms with Crippen LogP contribution in [0.25, 0.3) is 38.7 Å². The second-order valence-electron chi connectivity index (χ2n) is 8.73. The van der Waals surface area contributed by atoms with E-state index in [1.807, 2.05) is 44.0 Å². The molecule has 6 heterocycles. The molecular formula is C22H21ClN8. The van der Waals surface area contributed by atoms with Crippen LogP contribution in [0.3, 0.4) is 0 Å². The number of fused-ring (bicyclic) bond motifs is 6. The summed E-state index contributed by atoms with van der Waals surface area (Å²) in [6.07, 6.45) is 11.1. The van der Waals surface area contributed by atoms with Crippen LogP contribution in [0.2, 0.25) is 5.02 Å². The fourth-order valence-corrected chi connectivity index (χ4v) is 5.97. The predicted molar refractivity (Wildman–Crippen MR) is 121 cm³/mol. The molecule has 3 atom stereocenters. The topological polar surface area (TPSA) is 93.1 Å². The molecule has 156 valence electrons. The molecule has 0 radical (unpaired) electrons. The molecule has 7 rings (SSSR count). The highest BCUT2D eigenvalue weighted by molar-refractivity contribution is 6.38. The number of halogens is 1. The molecule has 5 aromatic rings. The lowest BCUT2D eigenvalue weighted by Gasteiger charge is -2.25. The van der Waals surface area contributed by atoms with Gasteiger partial charge in [-0.15, -0.1) is 0 Å². The van der Waals surface area contributed by atoms with E-state index < -0.39 is 0 Å². The maximum Gasteiger partial charge on any atom is 0.213 e. The number of nitrogens with two attached hydrogens (primary N) is 1. The van der Waals surface area contributed by atoms with E-state index in [0.29, 0.717) is 17.1 Å². The highest BCUT2D eigenvalue weighted by atomic mass is 35.5. The molecule has 2 aliphatic heterocycles. The molecule has 8 nitrogen and oxygen atoms in total. The summed E-state index contributed by atoms with van der Waals surface area (Å²) < 4.78 is 3.88. The Morgan fingerprint density at radius 3 is 2.94 bits per heavy atom. The first-order valence-corrected chi connectivity index (χ1v) is 11.0. The first-order chi connectivity index (χ1) is 15.1. The Hall–Kier alpha value is -3.10. The molecule has 0 aliphatic carbocycles. The third-order valence-electron chi connectivity index (χ3n) is 7.00. The maximum absolute atomic E-state index is 6.83. The molecule has 2 aliphatic rings. The van der Waals surface area contributed by atoms with Gasteiger partial charge in [-0.1, -0.05) is 17.7 Å². The SMILES string of the molecule is Cn1cc2c(Cl)c(-c3c[nH]c4nc(N5C6CC[C@@H]5[C@H](N)C6)n5ccnc5c34)ccc2n1. The summed E-state index contributed by atoms with van der Waals surface area (Å²) in [6.45, 7) is 0. The maximum atomic E-state index is 6.83. The minimum absolute atomic E-state index is 0.207. The van der Waals surface area contributed by atoms with Gasteiger partial charge >= 0.3 is 0 Å². The normalized spacial score (nSPS) is 23.2. The van der Waals surface area contributed by atoms with Crippen molar-refractivity contribution in [2.75, 3.05) is 4.90 Å². The molecule has 2 saturated heterocycles. The van der Waals surface area contributed by atoms with Gasteiger partial charge in [0.1, 0.15) is 5.65 Å². The Labute approximate surface area is 182 Å². The third-order valence-corrected chi connectivity index (χ3v) is 7.40. The standard InChI is InChI=1S/C22H21ClN8/c1-29-10-14-16(28-29)4-3-12(19(14)23)13-9-26-20-18(13)21-25-6-7-30(21)22(27-20)31-11-2-5-17(31)15(24)8-11/h3-4,6-7,9-11,15,17,26H,2,5,8,24H2,1H3/t11?,15-,17-/m1/s1. The van der Waals surface area contributed by atoms with Crippen molar-refractivity contribution < 1.29 is 0 Å². The quantitative estimate of drug-likeness (QED) is 0.445. The van der Waals surface area contributed by atoms with Crippen LogP contribution in [0.5, 0.6) is 0 Å². The van der Waals surface area contributed by atoms with Gasteiger partial charge in [-0.3, -0.25) is 9.08 Å². The van der Waals surface area contributed by atoms with Crippen LogP contribution in [0.15, 0.2) is 36.9 Å². The van der Waals surface area contributed by atoms with E-state index in [1.54, 1.807) is 4.68 Å². The van der Waals surface area contributed by atoms with Gasteiger partial charge in [0.2, 0.25) is 5.95 Å². The summed E-state index contributed by atoms with van der Waals surface area (Å²) in [6, 6.07) is 5.03. The van der Waals surface area contributed by atoms with Crippen LogP contribution < -0.4 is 10.6 Å². The Bertz CT molecular complexity index is 1490. The number of hydrogen-bond donors (Lipinski definition) is 2. The van der Waals surface area contributed by atoms with Crippen molar-refractivity contribution in [2.24, 2.45) is 12.8 Å². The van der Waals surface area contributed by atoms with E-state index in [1.165, 1.54) is 6.42 Å². The zero-order chi connectivity index (χ0) is 20.9. The average molecular weight is 433 g/mol. The number of nitrogens with one attached hydrogen (secondary N) is 1. The van der Waals surface area contributed by atoms with Gasteiger partial charge in [0.05, 0.1) is 15.9 Å². The van der Waals surface area contributed by atoms with E-state index >= 15 is 0 Å². The van der Waals surface area contributed by atoms with Crippen molar-refractivity contribution in [1.82, 2.24) is 29.1 Å². The van der Waals surface area contributed by atoms with Crippen LogP contribution >= 0.6 is 11.6 Å². The number of H-pyrrole nitrogens is 1. The minimum atomic E-state index is 0.207. The van der Waals surface area contributed by atoms with Crippen molar-refractivity contribution in [2.45, 2.75) is 37.4 Å². The van der Waals surface area contributed by atoms with E-state index in [2.05, 4.69) is 19.4 Å². The zero-order valence-electron chi connectivity index (χ0n) is 17.0. The van der Waals surface area contributed by atoms with E-state index in [-0.39, 0.29) is 6.04 Å². The Morgan fingerprint density at radius 1 is 1.23 bits per heavy atom. The van der Waals surface area contributed by atoms with Gasteiger partial charge < -0.3 is 15.6 Å². The van der Waals surface area contributed by atoms with E-state index in [0.717, 1.165) is 57.5 Å². The molecule has 3 N–H and O–H groups in total. The largest absolute Gasteiger partial charge is 0.345 e. The molecule has 2 bridgehead atoms. The lowest BCUT2D eigenvalue weighted by atomic mass is 9.97. The summed E-state index contributed by atoms with van der Waals surface area (Å²) in [5.74, 6) is 0.919. The van der Waals surface area contributed by atoms with Gasteiger partial charge in [-0.2, -0.15) is 10.1 Å². The number of anilines is 1. The summed E-state index contributed by atoms with van der Waals surface area (Å²) in [7, 11) is 1.90. The monoisotopic (exact) mass is 432 g/mol. The lowest BCUT2D eigenvalue weighted by molar-refractivity contribution is 0.503. The van der Waals surface area contributed by atoms with Crippen molar-refractivity contribution in [3.8, 4) is 11.1 Å². The highest BCUT2D eigenvalue weighted by Crippen LogP contribution is 2.42. The molecule has 31 heavy (non-hydrogen) atoms. The van der Waals surface area contributed by atoms with Crippen LogP contribution in [0.1, 0.15) is 19.3 Å². The smallest absolute Gasteiger partial charge is 0.213 e. The van der Waals surface area contributed by atoms with E-state index in [4.69, 9.17) is 27.3 Å². The molecule has 0 spiro atoms. The van der Waals surface area contributed by atoms with E-state index in [9.17, 15) is 0 Å². The lowest BCUT2D eigenvalue weighted by Crippen LogP contribution is -2.38. The molecule has 4 aromatic heterocycles. The van der Waals surface area contributed by atoms with Gasteiger partial charge in [0, 0.05) is 66.5 Å². The number of aryl methyl sites for hydroxylation is 1. The van der Waals surface area contributed by atoms with Crippen LogP contribution in [-0.2, 0) is 7.05 Å². The number of benzene rings is 1. The summed E-state index contributed by atoms with van der Waals surface area (Å²) >= 11 is 6.83.